The number of hydrogen-bond acceptors (Lipinski definition) is 3. The number of halogens is 2. The predicted octanol–water partition coefficient (Wildman–Crippen LogP) is 4.37. The molecule has 5 heteroatoms. The molecule has 2 rings (SSSR count). The number of anilines is 1. The van der Waals surface area contributed by atoms with E-state index in [-0.39, 0.29) is 0 Å². The zero-order chi connectivity index (χ0) is 13.7. The quantitative estimate of drug-likeness (QED) is 0.812. The molecule has 0 bridgehead atoms. The van der Waals surface area contributed by atoms with E-state index in [9.17, 15) is 8.78 Å². The number of nitrogens with one attached hydrogen (secondary N) is 1. The second kappa shape index (κ2) is 7.10. The Kier molecular flexibility index (Phi) is 5.45. The molecule has 0 unspecified atom stereocenters. The summed E-state index contributed by atoms with van der Waals surface area (Å²) in [5.74, 6) is -2.36. The summed E-state index contributed by atoms with van der Waals surface area (Å²) in [5.41, 5.74) is 1.000. The molecule has 1 saturated carbocycles. The molecule has 19 heavy (non-hydrogen) atoms. The van der Waals surface area contributed by atoms with Gasteiger partial charge in [-0.3, -0.25) is 0 Å². The smallest absolute Gasteiger partial charge is 0.288 e. The van der Waals surface area contributed by atoms with Gasteiger partial charge in [0.2, 0.25) is 0 Å². The van der Waals surface area contributed by atoms with Crippen molar-refractivity contribution in [3.8, 4) is 0 Å². The molecule has 1 aliphatic rings. The summed E-state index contributed by atoms with van der Waals surface area (Å²) in [7, 11) is 1.76. The molecule has 1 aliphatic carbocycles. The van der Waals surface area contributed by atoms with Gasteiger partial charge < -0.3 is 10.1 Å². The first-order valence-corrected chi connectivity index (χ1v) is 7.39. The predicted molar refractivity (Wildman–Crippen MR) is 75.0 cm³/mol. The average Bonchev–Trinajstić information content (AvgIpc) is 2.41. The highest BCUT2D eigenvalue weighted by atomic mass is 32.2. The molecule has 0 radical (unpaired) electrons. The molecule has 0 spiro atoms. The fourth-order valence-corrected chi connectivity index (χ4v) is 2.91. The van der Waals surface area contributed by atoms with Crippen LogP contribution in [0.3, 0.4) is 0 Å². The first-order chi connectivity index (χ1) is 9.17. The maximum Gasteiger partial charge on any atom is 0.288 e. The zero-order valence-electron chi connectivity index (χ0n) is 10.9. The van der Waals surface area contributed by atoms with Crippen LogP contribution in [0.25, 0.3) is 0 Å². The molecule has 0 saturated heterocycles. The van der Waals surface area contributed by atoms with E-state index in [0.717, 1.165) is 31.4 Å². The van der Waals surface area contributed by atoms with Gasteiger partial charge in [-0.25, -0.2) is 0 Å². The maximum atomic E-state index is 12.2. The monoisotopic (exact) mass is 287 g/mol. The summed E-state index contributed by atoms with van der Waals surface area (Å²) in [5, 5.41) is 3.45. The highest BCUT2D eigenvalue weighted by molar-refractivity contribution is 7.99. The van der Waals surface area contributed by atoms with Crippen molar-refractivity contribution >= 4 is 17.4 Å². The molecular weight excluding hydrogens is 268 g/mol. The van der Waals surface area contributed by atoms with Crippen molar-refractivity contribution in [2.45, 2.75) is 48.5 Å². The molecule has 0 atom stereocenters. The largest absolute Gasteiger partial charge is 0.382 e. The van der Waals surface area contributed by atoms with Crippen LogP contribution in [0.2, 0.25) is 0 Å². The van der Waals surface area contributed by atoms with Crippen molar-refractivity contribution in [1.29, 1.82) is 0 Å². The molecular formula is C14H19F2NOS. The minimum atomic E-state index is -2.36. The molecule has 0 aromatic heterocycles. The van der Waals surface area contributed by atoms with Gasteiger partial charge in [0.05, 0.1) is 6.10 Å². The van der Waals surface area contributed by atoms with Crippen LogP contribution in [0.15, 0.2) is 29.2 Å². The van der Waals surface area contributed by atoms with E-state index in [1.54, 1.807) is 19.2 Å². The van der Waals surface area contributed by atoms with E-state index >= 15 is 0 Å². The maximum absolute atomic E-state index is 12.2. The topological polar surface area (TPSA) is 21.3 Å². The highest BCUT2D eigenvalue weighted by Crippen LogP contribution is 2.28. The molecule has 0 amide bonds. The Labute approximate surface area is 116 Å². The van der Waals surface area contributed by atoms with Gasteiger partial charge in [-0.2, -0.15) is 8.78 Å². The van der Waals surface area contributed by atoms with Crippen LogP contribution in [0.5, 0.6) is 0 Å². The lowest BCUT2D eigenvalue weighted by Crippen LogP contribution is -2.29. The van der Waals surface area contributed by atoms with Gasteiger partial charge in [0, 0.05) is 23.7 Å². The number of alkyl halides is 2. The standard InChI is InChI=1S/C14H19F2NOS/c1-18-12-6-2-10(3-7-12)17-11-4-8-13(9-5-11)19-14(15)16/h4-5,8-10,12,14,17H,2-3,6-7H2,1H3. The Balaban J connectivity index is 1.83. The number of methoxy groups -OCH3 is 1. The van der Waals surface area contributed by atoms with E-state index < -0.39 is 5.76 Å². The van der Waals surface area contributed by atoms with Gasteiger partial charge in [0.1, 0.15) is 0 Å². The Morgan fingerprint density at radius 3 is 2.32 bits per heavy atom. The SMILES string of the molecule is COC1CCC(Nc2ccc(SC(F)F)cc2)CC1. The third kappa shape index (κ3) is 4.66. The minimum absolute atomic E-state index is 0.392. The Morgan fingerprint density at radius 1 is 1.16 bits per heavy atom. The van der Waals surface area contributed by atoms with E-state index in [2.05, 4.69) is 5.32 Å². The van der Waals surface area contributed by atoms with E-state index in [4.69, 9.17) is 4.74 Å². The van der Waals surface area contributed by atoms with Crippen molar-refractivity contribution in [3.05, 3.63) is 24.3 Å². The van der Waals surface area contributed by atoms with Crippen molar-refractivity contribution < 1.29 is 13.5 Å². The second-order valence-electron chi connectivity index (χ2n) is 4.76. The van der Waals surface area contributed by atoms with Gasteiger partial charge in [0.25, 0.3) is 5.76 Å². The summed E-state index contributed by atoms with van der Waals surface area (Å²) >= 11 is 0.579. The van der Waals surface area contributed by atoms with Crippen LogP contribution in [0, 0.1) is 0 Å². The number of hydrogen-bond donors (Lipinski definition) is 1. The number of ether oxygens (including phenoxy) is 1. The van der Waals surface area contributed by atoms with Gasteiger partial charge >= 0.3 is 0 Å². The van der Waals surface area contributed by atoms with Crippen molar-refractivity contribution in [3.63, 3.8) is 0 Å². The number of rotatable bonds is 5. The summed E-state index contributed by atoms with van der Waals surface area (Å²) in [6.45, 7) is 0. The lowest BCUT2D eigenvalue weighted by molar-refractivity contribution is 0.0682. The van der Waals surface area contributed by atoms with E-state index in [1.807, 2.05) is 12.1 Å². The fourth-order valence-electron chi connectivity index (χ4n) is 2.41. The normalized spacial score (nSPS) is 23.6. The Bertz CT molecular complexity index is 378. The minimum Gasteiger partial charge on any atom is -0.382 e. The van der Waals surface area contributed by atoms with Crippen LogP contribution < -0.4 is 5.32 Å². The Morgan fingerprint density at radius 2 is 1.79 bits per heavy atom. The first kappa shape index (κ1) is 14.6. The van der Waals surface area contributed by atoms with Crippen molar-refractivity contribution in [1.82, 2.24) is 0 Å². The van der Waals surface area contributed by atoms with E-state index in [0.29, 0.717) is 28.8 Å². The number of thioether (sulfide) groups is 1. The third-order valence-corrected chi connectivity index (χ3v) is 4.18. The first-order valence-electron chi connectivity index (χ1n) is 6.51. The van der Waals surface area contributed by atoms with Gasteiger partial charge in [-0.1, -0.05) is 11.8 Å². The fraction of sp³-hybridized carbons (Fsp3) is 0.571. The molecule has 1 N–H and O–H groups in total. The molecule has 2 nitrogen and oxygen atoms in total. The van der Waals surface area contributed by atoms with Crippen molar-refractivity contribution in [2.24, 2.45) is 0 Å². The van der Waals surface area contributed by atoms with Crippen molar-refractivity contribution in [2.75, 3.05) is 12.4 Å². The zero-order valence-corrected chi connectivity index (χ0v) is 11.8. The molecule has 1 aromatic carbocycles. The van der Waals surface area contributed by atoms with Crippen LogP contribution in [0.1, 0.15) is 25.7 Å². The van der Waals surface area contributed by atoms with Crippen LogP contribution in [-0.2, 0) is 4.74 Å². The van der Waals surface area contributed by atoms with Gasteiger partial charge in [0.15, 0.2) is 0 Å². The van der Waals surface area contributed by atoms with Crippen LogP contribution in [0.4, 0.5) is 14.5 Å². The highest BCUT2D eigenvalue weighted by Gasteiger charge is 2.20. The second-order valence-corrected chi connectivity index (χ2v) is 5.82. The third-order valence-electron chi connectivity index (χ3n) is 3.46. The lowest BCUT2D eigenvalue weighted by atomic mass is 9.93. The summed E-state index contributed by atoms with van der Waals surface area (Å²) in [4.78, 5) is 0.601. The van der Waals surface area contributed by atoms with Gasteiger partial charge in [-0.05, 0) is 49.9 Å². The van der Waals surface area contributed by atoms with Gasteiger partial charge in [-0.15, -0.1) is 0 Å². The van der Waals surface area contributed by atoms with Crippen LogP contribution >= 0.6 is 11.8 Å². The van der Waals surface area contributed by atoms with Crippen LogP contribution in [-0.4, -0.2) is 25.0 Å². The molecule has 106 valence electrons. The summed E-state index contributed by atoms with van der Waals surface area (Å²) < 4.78 is 29.7. The average molecular weight is 287 g/mol. The molecule has 0 heterocycles. The molecule has 1 aromatic rings. The summed E-state index contributed by atoms with van der Waals surface area (Å²) in [6, 6.07) is 7.67. The number of benzene rings is 1. The Hall–Kier alpha value is -0.810. The van der Waals surface area contributed by atoms with E-state index in [1.165, 1.54) is 0 Å². The summed E-state index contributed by atoms with van der Waals surface area (Å²) in [6.07, 6.45) is 4.72. The lowest BCUT2D eigenvalue weighted by Gasteiger charge is -2.28. The molecule has 0 aliphatic heterocycles. The molecule has 1 fully saturated rings.